The van der Waals surface area contributed by atoms with Gasteiger partial charge in [0, 0.05) is 28.3 Å². The number of halogens is 1. The lowest BCUT2D eigenvalue weighted by Gasteiger charge is -2.26. The molecule has 0 saturated carbocycles. The van der Waals surface area contributed by atoms with Gasteiger partial charge in [-0.1, -0.05) is 48.0 Å². The number of nitrogens with zero attached hydrogens (tertiary/aromatic N) is 3. The number of nitrogens with one attached hydrogen (secondary N) is 1. The fourth-order valence-corrected chi connectivity index (χ4v) is 5.17. The van der Waals surface area contributed by atoms with Crippen molar-refractivity contribution < 1.29 is 4.79 Å². The van der Waals surface area contributed by atoms with E-state index >= 15 is 0 Å². The molecule has 2 aromatic heterocycles. The van der Waals surface area contributed by atoms with Gasteiger partial charge in [0.2, 0.25) is 5.91 Å². The Labute approximate surface area is 203 Å². The third-order valence-corrected chi connectivity index (χ3v) is 7.11. The molecule has 0 radical (unpaired) electrons. The summed E-state index contributed by atoms with van der Waals surface area (Å²) in [6, 6.07) is 15.9. The zero-order valence-electron chi connectivity index (χ0n) is 19.3. The Balaban J connectivity index is 1.40. The summed E-state index contributed by atoms with van der Waals surface area (Å²) in [7, 11) is 0. The van der Waals surface area contributed by atoms with E-state index in [9.17, 15) is 9.59 Å². The van der Waals surface area contributed by atoms with Gasteiger partial charge in [0.25, 0.3) is 5.56 Å². The molecule has 6 nitrogen and oxygen atoms in total. The molecule has 0 fully saturated rings. The molecule has 34 heavy (non-hydrogen) atoms. The number of rotatable bonds is 5. The quantitative estimate of drug-likeness (QED) is 0.455. The van der Waals surface area contributed by atoms with Crippen LogP contribution in [0, 0.1) is 13.8 Å². The van der Waals surface area contributed by atoms with Gasteiger partial charge in [-0.2, -0.15) is 5.10 Å². The fraction of sp³-hybridized carbons (Fsp3) is 0.296. The van der Waals surface area contributed by atoms with Crippen LogP contribution >= 0.6 is 11.6 Å². The highest BCUT2D eigenvalue weighted by Crippen LogP contribution is 2.29. The summed E-state index contributed by atoms with van der Waals surface area (Å²) in [5, 5.41) is 9.56. The molecule has 0 aliphatic heterocycles. The van der Waals surface area contributed by atoms with Crippen LogP contribution in [0.4, 0.5) is 0 Å². The molecular weight excluding hydrogens is 448 g/mol. The van der Waals surface area contributed by atoms with Crippen LogP contribution in [-0.2, 0) is 24.3 Å². The van der Waals surface area contributed by atoms with Crippen LogP contribution < -0.4 is 10.9 Å². The molecule has 174 valence electrons. The second kappa shape index (κ2) is 9.11. The largest absolute Gasteiger partial charge is 0.348 e. The van der Waals surface area contributed by atoms with Crippen LogP contribution in [0.25, 0.3) is 10.8 Å². The molecule has 0 unspecified atom stereocenters. The van der Waals surface area contributed by atoms with E-state index in [2.05, 4.69) is 27.1 Å². The van der Waals surface area contributed by atoms with Gasteiger partial charge in [-0.15, -0.1) is 0 Å². The SMILES string of the molecule is Cc1c2cnn(CC(=O)N[C@H]3CCCc4ccccc43)c(=O)c2c(C)n1Cc1ccc(Cl)cc1. The maximum atomic E-state index is 13.3. The molecule has 2 aromatic carbocycles. The van der Waals surface area contributed by atoms with E-state index in [-0.39, 0.29) is 24.1 Å². The first-order valence-corrected chi connectivity index (χ1v) is 12.0. The van der Waals surface area contributed by atoms with Crippen molar-refractivity contribution in [3.8, 4) is 0 Å². The zero-order chi connectivity index (χ0) is 23.8. The fourth-order valence-electron chi connectivity index (χ4n) is 5.05. The van der Waals surface area contributed by atoms with Gasteiger partial charge in [-0.25, -0.2) is 4.68 Å². The lowest BCUT2D eigenvalue weighted by atomic mass is 9.88. The van der Waals surface area contributed by atoms with Crippen molar-refractivity contribution >= 4 is 28.3 Å². The molecule has 1 aliphatic carbocycles. The molecule has 2 heterocycles. The van der Waals surface area contributed by atoms with E-state index < -0.39 is 0 Å². The zero-order valence-corrected chi connectivity index (χ0v) is 20.1. The number of hydrogen-bond acceptors (Lipinski definition) is 3. The van der Waals surface area contributed by atoms with Gasteiger partial charge >= 0.3 is 0 Å². The van der Waals surface area contributed by atoms with Crippen molar-refractivity contribution in [2.45, 2.75) is 52.2 Å². The van der Waals surface area contributed by atoms with Gasteiger partial charge in [-0.3, -0.25) is 9.59 Å². The van der Waals surface area contributed by atoms with Crippen molar-refractivity contribution in [1.29, 1.82) is 0 Å². The summed E-state index contributed by atoms with van der Waals surface area (Å²) < 4.78 is 3.38. The summed E-state index contributed by atoms with van der Waals surface area (Å²) >= 11 is 6.02. The highest BCUT2D eigenvalue weighted by atomic mass is 35.5. The second-order valence-electron chi connectivity index (χ2n) is 8.99. The summed E-state index contributed by atoms with van der Waals surface area (Å²) in [6.45, 7) is 4.46. The minimum Gasteiger partial charge on any atom is -0.348 e. The molecule has 1 amide bonds. The average molecular weight is 475 g/mol. The molecule has 0 saturated heterocycles. The second-order valence-corrected chi connectivity index (χ2v) is 9.43. The molecule has 1 atom stereocenters. The van der Waals surface area contributed by atoms with Crippen molar-refractivity contribution in [3.63, 3.8) is 0 Å². The number of aryl methyl sites for hydroxylation is 3. The third-order valence-electron chi connectivity index (χ3n) is 6.86. The number of amides is 1. The van der Waals surface area contributed by atoms with Crippen LogP contribution in [0.5, 0.6) is 0 Å². The Hall–Kier alpha value is -3.38. The normalized spacial score (nSPS) is 15.3. The minimum atomic E-state index is -0.243. The molecule has 0 spiro atoms. The highest BCUT2D eigenvalue weighted by molar-refractivity contribution is 6.30. The smallest absolute Gasteiger partial charge is 0.276 e. The van der Waals surface area contributed by atoms with E-state index in [0.717, 1.165) is 41.6 Å². The minimum absolute atomic E-state index is 0.0266. The maximum absolute atomic E-state index is 13.3. The number of aromatic nitrogens is 3. The van der Waals surface area contributed by atoms with E-state index in [0.29, 0.717) is 17.0 Å². The maximum Gasteiger partial charge on any atom is 0.276 e. The number of benzene rings is 2. The molecule has 1 N–H and O–H groups in total. The van der Waals surface area contributed by atoms with E-state index in [1.54, 1.807) is 6.20 Å². The molecule has 7 heteroatoms. The van der Waals surface area contributed by atoms with Crippen LogP contribution in [0.3, 0.4) is 0 Å². The third kappa shape index (κ3) is 4.14. The van der Waals surface area contributed by atoms with Crippen molar-refractivity contribution in [3.05, 3.63) is 98.2 Å². The Morgan fingerprint density at radius 1 is 1.12 bits per heavy atom. The van der Waals surface area contributed by atoms with Gasteiger partial charge in [-0.05, 0) is 61.9 Å². The Kier molecular flexibility index (Phi) is 6.00. The predicted molar refractivity (Wildman–Crippen MR) is 134 cm³/mol. The Morgan fingerprint density at radius 3 is 2.68 bits per heavy atom. The Bertz CT molecular complexity index is 1440. The average Bonchev–Trinajstić information content (AvgIpc) is 3.07. The van der Waals surface area contributed by atoms with Crippen LogP contribution in [0.2, 0.25) is 5.02 Å². The first-order valence-electron chi connectivity index (χ1n) is 11.6. The molecule has 1 aliphatic rings. The van der Waals surface area contributed by atoms with Gasteiger partial charge in [0.1, 0.15) is 6.54 Å². The van der Waals surface area contributed by atoms with Crippen molar-refractivity contribution in [1.82, 2.24) is 19.7 Å². The molecule has 5 rings (SSSR count). The number of carbonyl (C=O) groups is 1. The molecular formula is C27H27ClN4O2. The van der Waals surface area contributed by atoms with Crippen molar-refractivity contribution in [2.75, 3.05) is 0 Å². The summed E-state index contributed by atoms with van der Waals surface area (Å²) in [4.78, 5) is 26.2. The van der Waals surface area contributed by atoms with E-state index in [4.69, 9.17) is 11.6 Å². The van der Waals surface area contributed by atoms with Gasteiger partial charge in [0.15, 0.2) is 0 Å². The lowest BCUT2D eigenvalue weighted by molar-refractivity contribution is -0.122. The standard InChI is InChI=1S/C27H27ClN4O2/c1-17-23-14-29-32(16-25(33)30-24-9-5-7-20-6-3-4-8-22(20)24)27(34)26(23)18(2)31(17)15-19-10-12-21(28)13-11-19/h3-4,6,8,10-14,24H,5,7,9,15-16H2,1-2H3,(H,30,33)/t24-/m0/s1. The molecule has 4 aromatic rings. The number of fused-ring (bicyclic) bond motifs is 2. The van der Waals surface area contributed by atoms with E-state index in [1.165, 1.54) is 15.8 Å². The predicted octanol–water partition coefficient (Wildman–Crippen LogP) is 4.71. The van der Waals surface area contributed by atoms with Crippen LogP contribution in [-0.4, -0.2) is 20.3 Å². The number of carbonyl (C=O) groups excluding carboxylic acids is 1. The summed E-state index contributed by atoms with van der Waals surface area (Å²) in [5.74, 6) is -0.203. The summed E-state index contributed by atoms with van der Waals surface area (Å²) in [5.41, 5.74) is 5.14. The van der Waals surface area contributed by atoms with Crippen LogP contribution in [0.15, 0.2) is 59.5 Å². The van der Waals surface area contributed by atoms with Crippen LogP contribution in [0.1, 0.15) is 47.0 Å². The van der Waals surface area contributed by atoms with E-state index in [1.807, 2.05) is 50.2 Å². The lowest BCUT2D eigenvalue weighted by Crippen LogP contribution is -2.36. The van der Waals surface area contributed by atoms with Crippen molar-refractivity contribution in [2.24, 2.45) is 0 Å². The summed E-state index contributed by atoms with van der Waals surface area (Å²) in [6.07, 6.45) is 4.66. The number of hydrogen-bond donors (Lipinski definition) is 1. The topological polar surface area (TPSA) is 68.9 Å². The van der Waals surface area contributed by atoms with Gasteiger partial charge in [0.05, 0.1) is 17.6 Å². The first-order chi connectivity index (χ1) is 16.4. The highest BCUT2D eigenvalue weighted by Gasteiger charge is 2.22. The van der Waals surface area contributed by atoms with Gasteiger partial charge < -0.3 is 9.88 Å². The monoisotopic (exact) mass is 474 g/mol. The molecule has 0 bridgehead atoms. The Morgan fingerprint density at radius 2 is 1.88 bits per heavy atom. The first kappa shape index (κ1) is 22.4.